The van der Waals surface area contributed by atoms with Crippen LogP contribution < -0.4 is 10.9 Å². The Kier molecular flexibility index (Phi) is 4.53. The molecule has 1 N–H and O–H groups in total. The number of carbonyl (C=O) groups is 1. The summed E-state index contributed by atoms with van der Waals surface area (Å²) in [7, 11) is 0. The molecule has 1 aliphatic rings. The van der Waals surface area contributed by atoms with Gasteiger partial charge in [-0.2, -0.15) is 0 Å². The summed E-state index contributed by atoms with van der Waals surface area (Å²) >= 11 is 9.86. The van der Waals surface area contributed by atoms with Crippen LogP contribution in [0.4, 0.5) is 5.69 Å². The van der Waals surface area contributed by atoms with Crippen molar-refractivity contribution in [2.75, 3.05) is 5.32 Å². The first kappa shape index (κ1) is 18.8. The molecule has 0 saturated carbocycles. The first-order valence-corrected chi connectivity index (χ1v) is 10.3. The van der Waals surface area contributed by atoms with Crippen molar-refractivity contribution in [2.24, 2.45) is 0 Å². The van der Waals surface area contributed by atoms with Gasteiger partial charge in [-0.15, -0.1) is 0 Å². The fraction of sp³-hybridized carbons (Fsp3) is 0. The lowest BCUT2D eigenvalue weighted by Crippen LogP contribution is -2.23. The minimum atomic E-state index is -0.256. The molecule has 146 valence electrons. The molecule has 1 aromatic heterocycles. The molecule has 0 fully saturated rings. The van der Waals surface area contributed by atoms with Gasteiger partial charge in [0.1, 0.15) is 5.82 Å². The second-order valence-corrected chi connectivity index (χ2v) is 8.10. The number of para-hydroxylation sites is 2. The number of anilines is 1. The highest BCUT2D eigenvalue weighted by molar-refractivity contribution is 9.10. The Morgan fingerprint density at radius 3 is 2.60 bits per heavy atom. The molecule has 5 rings (SSSR count). The molecule has 0 unspecified atom stereocenters. The Morgan fingerprint density at radius 2 is 1.77 bits per heavy atom. The van der Waals surface area contributed by atoms with Gasteiger partial charge in [-0.1, -0.05) is 51.8 Å². The normalized spacial score (nSPS) is 14.2. The number of hydrogen-bond acceptors (Lipinski definition) is 3. The van der Waals surface area contributed by atoms with Gasteiger partial charge < -0.3 is 5.32 Å². The molecule has 0 saturated heterocycles. The van der Waals surface area contributed by atoms with Crippen LogP contribution in [-0.2, 0) is 4.79 Å². The van der Waals surface area contributed by atoms with Crippen LogP contribution in [0.25, 0.3) is 28.2 Å². The highest BCUT2D eigenvalue weighted by Crippen LogP contribution is 2.35. The molecule has 0 atom stereocenters. The summed E-state index contributed by atoms with van der Waals surface area (Å²) in [5.74, 6) is 0.0704. The first-order chi connectivity index (χ1) is 14.5. The number of benzene rings is 3. The topological polar surface area (TPSA) is 64.0 Å². The van der Waals surface area contributed by atoms with Gasteiger partial charge in [-0.25, -0.2) is 4.98 Å². The summed E-state index contributed by atoms with van der Waals surface area (Å²) in [5.41, 5.74) is 2.67. The molecule has 0 radical (unpaired) electrons. The largest absolute Gasteiger partial charge is 0.321 e. The molecule has 4 aromatic rings. The van der Waals surface area contributed by atoms with Gasteiger partial charge in [0.25, 0.3) is 11.5 Å². The Hall–Kier alpha value is -3.22. The number of halogens is 2. The van der Waals surface area contributed by atoms with Gasteiger partial charge in [0.15, 0.2) is 0 Å². The number of aromatic nitrogens is 2. The molecular weight excluding hydrogens is 466 g/mol. The van der Waals surface area contributed by atoms with Crippen LogP contribution in [0.1, 0.15) is 11.4 Å². The zero-order chi connectivity index (χ0) is 20.8. The van der Waals surface area contributed by atoms with E-state index in [9.17, 15) is 9.59 Å². The maximum Gasteiger partial charge on any atom is 0.266 e. The van der Waals surface area contributed by atoms with Crippen molar-refractivity contribution in [1.29, 1.82) is 0 Å². The molecule has 7 heteroatoms. The van der Waals surface area contributed by atoms with Crippen LogP contribution in [0.15, 0.2) is 76.0 Å². The van der Waals surface area contributed by atoms with Crippen LogP contribution in [0, 0.1) is 0 Å². The predicted molar refractivity (Wildman–Crippen MR) is 123 cm³/mol. The van der Waals surface area contributed by atoms with E-state index >= 15 is 0 Å². The zero-order valence-corrected chi connectivity index (χ0v) is 17.7. The summed E-state index contributed by atoms with van der Waals surface area (Å²) < 4.78 is 2.29. The average Bonchev–Trinajstić information content (AvgIpc) is 3.04. The minimum Gasteiger partial charge on any atom is -0.321 e. The van der Waals surface area contributed by atoms with Crippen molar-refractivity contribution in [2.45, 2.75) is 0 Å². The molecule has 2 heterocycles. The second kappa shape index (κ2) is 7.23. The van der Waals surface area contributed by atoms with Gasteiger partial charge in [0.2, 0.25) is 0 Å². The Bertz CT molecular complexity index is 1440. The lowest BCUT2D eigenvalue weighted by Gasteiger charge is -2.13. The number of amides is 1. The molecule has 0 aliphatic carbocycles. The van der Waals surface area contributed by atoms with Gasteiger partial charge in [-0.3, -0.25) is 14.2 Å². The summed E-state index contributed by atoms with van der Waals surface area (Å²) in [6.45, 7) is 0. The predicted octanol–water partition coefficient (Wildman–Crippen LogP) is 5.29. The van der Waals surface area contributed by atoms with Gasteiger partial charge >= 0.3 is 0 Å². The molecule has 0 bridgehead atoms. The van der Waals surface area contributed by atoms with Crippen molar-refractivity contribution in [3.05, 3.63) is 98.0 Å². The molecule has 5 nitrogen and oxygen atoms in total. The number of hydrogen-bond donors (Lipinski definition) is 1. The van der Waals surface area contributed by atoms with Gasteiger partial charge in [0, 0.05) is 15.7 Å². The van der Waals surface area contributed by atoms with E-state index in [-0.39, 0.29) is 11.5 Å². The van der Waals surface area contributed by atoms with Gasteiger partial charge in [-0.05, 0) is 48.5 Å². The van der Waals surface area contributed by atoms with Crippen LogP contribution in [0.5, 0.6) is 0 Å². The van der Waals surface area contributed by atoms with Crippen LogP contribution in [-0.4, -0.2) is 15.5 Å². The van der Waals surface area contributed by atoms with Crippen LogP contribution in [0.2, 0.25) is 5.02 Å². The number of rotatable bonds is 2. The Labute approximate surface area is 184 Å². The maximum atomic E-state index is 13.4. The number of nitrogens with zero attached hydrogens (tertiary/aromatic N) is 2. The fourth-order valence-electron chi connectivity index (χ4n) is 3.55. The van der Waals surface area contributed by atoms with E-state index in [0.29, 0.717) is 38.7 Å². The molecular formula is C23H13BrClN3O2. The van der Waals surface area contributed by atoms with Crippen molar-refractivity contribution in [3.63, 3.8) is 0 Å². The second-order valence-electron chi connectivity index (χ2n) is 6.78. The maximum absolute atomic E-state index is 13.4. The average molecular weight is 479 g/mol. The van der Waals surface area contributed by atoms with Crippen molar-refractivity contribution >= 4 is 61.7 Å². The van der Waals surface area contributed by atoms with Crippen LogP contribution >= 0.6 is 27.5 Å². The van der Waals surface area contributed by atoms with Crippen molar-refractivity contribution in [1.82, 2.24) is 9.55 Å². The number of fused-ring (bicyclic) bond motifs is 2. The summed E-state index contributed by atoms with van der Waals surface area (Å²) in [4.78, 5) is 30.7. The summed E-state index contributed by atoms with van der Waals surface area (Å²) in [5, 5.41) is 3.73. The SMILES string of the molecule is O=C1Nc2ccc(Br)cc2/C1=C/c1nc2ccccc2c(=O)n1-c1ccccc1Cl. The monoisotopic (exact) mass is 477 g/mol. The Balaban J connectivity index is 1.84. The lowest BCUT2D eigenvalue weighted by molar-refractivity contribution is -0.110. The highest BCUT2D eigenvalue weighted by atomic mass is 79.9. The third-order valence-electron chi connectivity index (χ3n) is 4.93. The summed E-state index contributed by atoms with van der Waals surface area (Å²) in [6, 6.07) is 19.7. The van der Waals surface area contributed by atoms with Gasteiger partial charge in [0.05, 0.1) is 27.2 Å². The van der Waals surface area contributed by atoms with E-state index in [4.69, 9.17) is 11.6 Å². The highest BCUT2D eigenvalue weighted by Gasteiger charge is 2.25. The minimum absolute atomic E-state index is 0.254. The summed E-state index contributed by atoms with van der Waals surface area (Å²) in [6.07, 6.45) is 1.63. The van der Waals surface area contributed by atoms with E-state index in [2.05, 4.69) is 26.2 Å². The van der Waals surface area contributed by atoms with Crippen LogP contribution in [0.3, 0.4) is 0 Å². The molecule has 3 aromatic carbocycles. The Morgan fingerprint density at radius 1 is 1.00 bits per heavy atom. The molecule has 1 amide bonds. The smallest absolute Gasteiger partial charge is 0.266 e. The van der Waals surface area contributed by atoms with Crippen molar-refractivity contribution in [3.8, 4) is 5.69 Å². The lowest BCUT2D eigenvalue weighted by atomic mass is 10.1. The molecule has 0 spiro atoms. The first-order valence-electron chi connectivity index (χ1n) is 9.12. The van der Waals surface area contributed by atoms with Crippen molar-refractivity contribution < 1.29 is 4.79 Å². The zero-order valence-electron chi connectivity index (χ0n) is 15.4. The quantitative estimate of drug-likeness (QED) is 0.398. The van der Waals surface area contributed by atoms with E-state index in [1.165, 1.54) is 4.57 Å². The standard InChI is InChI=1S/C23H13BrClN3O2/c24-13-9-10-19-15(11-13)16(22(29)27-19)12-21-26-18-7-3-1-5-14(18)23(30)28(21)20-8-4-2-6-17(20)25/h1-12H,(H,27,29)/b16-12-. The third-order valence-corrected chi connectivity index (χ3v) is 5.75. The fourth-order valence-corrected chi connectivity index (χ4v) is 4.13. The van der Waals surface area contributed by atoms with E-state index in [1.807, 2.05) is 24.3 Å². The number of nitrogens with one attached hydrogen (secondary N) is 1. The molecule has 30 heavy (non-hydrogen) atoms. The van der Waals surface area contributed by atoms with E-state index < -0.39 is 0 Å². The van der Waals surface area contributed by atoms with E-state index in [1.54, 1.807) is 48.5 Å². The van der Waals surface area contributed by atoms with E-state index in [0.717, 1.165) is 10.0 Å². The molecule has 1 aliphatic heterocycles. The number of carbonyl (C=O) groups excluding carboxylic acids is 1. The third kappa shape index (κ3) is 3.05.